The molecule has 0 radical (unpaired) electrons. The first-order valence-electron chi connectivity index (χ1n) is 5.67. The van der Waals surface area contributed by atoms with E-state index in [1.54, 1.807) is 0 Å². The second kappa shape index (κ2) is 6.64. The lowest BCUT2D eigenvalue weighted by molar-refractivity contribution is -0.171. The van der Waals surface area contributed by atoms with Crippen LogP contribution in [0.25, 0.3) is 0 Å². The predicted octanol–water partition coefficient (Wildman–Crippen LogP) is -1.85. The van der Waals surface area contributed by atoms with Crippen LogP contribution in [-0.4, -0.2) is 52.3 Å². The lowest BCUT2D eigenvalue weighted by Crippen LogP contribution is -2.65. The van der Waals surface area contributed by atoms with Crippen molar-refractivity contribution in [3.05, 3.63) is 0 Å². The SMILES string of the molecule is O=CN(F)NC(=O)C1(C(=O)NN(F)C=O)CC(NC(=O)O)C1. The van der Waals surface area contributed by atoms with Crippen molar-refractivity contribution in [3.63, 3.8) is 0 Å². The average Bonchev–Trinajstić information content (AvgIpc) is 2.40. The molecule has 0 aromatic heterocycles. The maximum Gasteiger partial charge on any atom is 0.404 e. The summed E-state index contributed by atoms with van der Waals surface area (Å²) in [4.78, 5) is 54.4. The smallest absolute Gasteiger partial charge is 0.404 e. The van der Waals surface area contributed by atoms with E-state index in [-0.39, 0.29) is 0 Å². The number of halogens is 2. The fourth-order valence-electron chi connectivity index (χ4n) is 1.99. The Labute approximate surface area is 121 Å². The van der Waals surface area contributed by atoms with E-state index in [4.69, 9.17) is 5.11 Å². The summed E-state index contributed by atoms with van der Waals surface area (Å²) >= 11 is 0. The van der Waals surface area contributed by atoms with Crippen LogP contribution < -0.4 is 16.2 Å². The highest BCUT2D eigenvalue weighted by Crippen LogP contribution is 2.42. The third-order valence-electron chi connectivity index (χ3n) is 2.99. The van der Waals surface area contributed by atoms with Crippen LogP contribution in [0.1, 0.15) is 12.8 Å². The highest BCUT2D eigenvalue weighted by molar-refractivity contribution is 6.06. The number of carbonyl (C=O) groups excluding carboxylic acids is 4. The van der Waals surface area contributed by atoms with Gasteiger partial charge in [0, 0.05) is 6.04 Å². The molecule has 1 saturated carbocycles. The van der Waals surface area contributed by atoms with Crippen molar-refractivity contribution >= 4 is 30.7 Å². The van der Waals surface area contributed by atoms with Gasteiger partial charge in [0.25, 0.3) is 24.6 Å². The Kier molecular flexibility index (Phi) is 5.15. The van der Waals surface area contributed by atoms with Crippen molar-refractivity contribution in [2.45, 2.75) is 18.9 Å². The van der Waals surface area contributed by atoms with Crippen molar-refractivity contribution in [2.75, 3.05) is 0 Å². The molecule has 1 aliphatic carbocycles. The van der Waals surface area contributed by atoms with Gasteiger partial charge in [0.2, 0.25) is 0 Å². The normalized spacial score (nSPS) is 15.7. The molecule has 0 saturated heterocycles. The Balaban J connectivity index is 2.85. The number of carboxylic acid groups (broad SMARTS) is 1. The van der Waals surface area contributed by atoms with Crippen LogP contribution in [0.4, 0.5) is 13.8 Å². The number of carbonyl (C=O) groups is 5. The van der Waals surface area contributed by atoms with Gasteiger partial charge < -0.3 is 10.4 Å². The number of hydrazine groups is 2. The maximum absolute atomic E-state index is 12.7. The van der Waals surface area contributed by atoms with E-state index in [1.807, 2.05) is 5.32 Å². The number of nitrogens with zero attached hydrogens (tertiary/aromatic N) is 2. The number of rotatable bonds is 7. The van der Waals surface area contributed by atoms with Crippen LogP contribution in [0.15, 0.2) is 0 Å². The van der Waals surface area contributed by atoms with Crippen molar-refractivity contribution in [1.29, 1.82) is 0 Å². The van der Waals surface area contributed by atoms with Gasteiger partial charge in [-0.1, -0.05) is 19.4 Å². The molecule has 122 valence electrons. The fraction of sp³-hybridized carbons (Fsp3) is 0.444. The molecule has 1 fully saturated rings. The monoisotopic (exact) mass is 323 g/mol. The van der Waals surface area contributed by atoms with E-state index in [1.165, 1.54) is 10.9 Å². The zero-order chi connectivity index (χ0) is 16.9. The minimum Gasteiger partial charge on any atom is -0.465 e. The summed E-state index contributed by atoms with van der Waals surface area (Å²) in [6.45, 7) is 0. The molecule has 0 bridgehead atoms. The molecular formula is C9H11F2N5O6. The van der Waals surface area contributed by atoms with Crippen molar-refractivity contribution in [1.82, 2.24) is 26.6 Å². The molecule has 0 aliphatic heterocycles. The summed E-state index contributed by atoms with van der Waals surface area (Å²) in [5, 5.41) is 8.98. The molecule has 0 atom stereocenters. The minimum atomic E-state index is -2.05. The van der Waals surface area contributed by atoms with Gasteiger partial charge in [0.15, 0.2) is 0 Å². The summed E-state index contributed by atoms with van der Waals surface area (Å²) in [5.74, 6) is -2.61. The van der Waals surface area contributed by atoms with E-state index >= 15 is 0 Å². The summed E-state index contributed by atoms with van der Waals surface area (Å²) in [6, 6.07) is -0.817. The molecule has 0 aromatic carbocycles. The molecule has 5 amide bonds. The van der Waals surface area contributed by atoms with Gasteiger partial charge in [0.05, 0.1) is 0 Å². The van der Waals surface area contributed by atoms with E-state index in [0.717, 1.165) is 0 Å². The Bertz CT molecular complexity index is 467. The zero-order valence-corrected chi connectivity index (χ0v) is 10.8. The molecule has 11 nitrogen and oxygen atoms in total. The van der Waals surface area contributed by atoms with Gasteiger partial charge in [0.1, 0.15) is 5.41 Å². The quantitative estimate of drug-likeness (QED) is 0.187. The second-order valence-electron chi connectivity index (χ2n) is 4.35. The fourth-order valence-corrected chi connectivity index (χ4v) is 1.99. The topological polar surface area (TPSA) is 148 Å². The molecule has 0 aromatic rings. The molecule has 0 spiro atoms. The summed E-state index contributed by atoms with van der Waals surface area (Å²) < 4.78 is 25.4. The van der Waals surface area contributed by atoms with E-state index in [9.17, 15) is 32.9 Å². The number of hydrogen-bond acceptors (Lipinski definition) is 5. The van der Waals surface area contributed by atoms with E-state index in [2.05, 4.69) is 0 Å². The van der Waals surface area contributed by atoms with Gasteiger partial charge in [-0.25, -0.2) is 15.6 Å². The maximum atomic E-state index is 12.7. The average molecular weight is 323 g/mol. The molecule has 0 unspecified atom stereocenters. The summed E-state index contributed by atoms with van der Waals surface area (Å²) in [5.41, 5.74) is 0.778. The highest BCUT2D eigenvalue weighted by atomic mass is 19.2. The second-order valence-corrected chi connectivity index (χ2v) is 4.35. The zero-order valence-electron chi connectivity index (χ0n) is 10.8. The van der Waals surface area contributed by atoms with Crippen molar-refractivity contribution in [2.24, 2.45) is 5.41 Å². The first-order chi connectivity index (χ1) is 10.2. The summed E-state index contributed by atoms with van der Waals surface area (Å²) in [7, 11) is 0. The van der Waals surface area contributed by atoms with Gasteiger partial charge in [-0.2, -0.15) is 0 Å². The molecule has 1 rings (SSSR count). The Morgan fingerprint density at radius 1 is 1.05 bits per heavy atom. The Morgan fingerprint density at radius 2 is 1.45 bits per heavy atom. The van der Waals surface area contributed by atoms with Crippen LogP contribution in [0.5, 0.6) is 0 Å². The molecule has 1 aliphatic rings. The lowest BCUT2D eigenvalue weighted by Gasteiger charge is -2.44. The van der Waals surface area contributed by atoms with Crippen LogP contribution in [0.3, 0.4) is 0 Å². The molecular weight excluding hydrogens is 312 g/mol. The van der Waals surface area contributed by atoms with Crippen LogP contribution in [0.2, 0.25) is 0 Å². The molecule has 4 N–H and O–H groups in total. The van der Waals surface area contributed by atoms with Crippen LogP contribution >= 0.6 is 0 Å². The highest BCUT2D eigenvalue weighted by Gasteiger charge is 2.57. The standard InChI is InChI=1S/C9H11F2N5O6/c10-15(3-17)13-6(19)9(7(20)14-16(11)4-18)1-5(2-9)12-8(21)22/h3-5,12H,1-2H2,(H,13,19)(H,14,20)(H,21,22). The molecule has 22 heavy (non-hydrogen) atoms. The van der Waals surface area contributed by atoms with Gasteiger partial charge in [-0.3, -0.25) is 19.2 Å². The lowest BCUT2D eigenvalue weighted by atomic mass is 9.64. The van der Waals surface area contributed by atoms with Gasteiger partial charge in [-0.15, -0.1) is 0 Å². The van der Waals surface area contributed by atoms with Gasteiger partial charge >= 0.3 is 6.09 Å². The largest absolute Gasteiger partial charge is 0.465 e. The van der Waals surface area contributed by atoms with Crippen LogP contribution in [0, 0.1) is 5.41 Å². The Hall–Kier alpha value is -2.99. The third-order valence-corrected chi connectivity index (χ3v) is 2.99. The first kappa shape index (κ1) is 17.1. The number of amides is 5. The van der Waals surface area contributed by atoms with E-state index < -0.39 is 65.5 Å². The van der Waals surface area contributed by atoms with E-state index in [0.29, 0.717) is 0 Å². The van der Waals surface area contributed by atoms with Crippen molar-refractivity contribution in [3.8, 4) is 0 Å². The molecule has 0 heterocycles. The summed E-state index contributed by atoms with van der Waals surface area (Å²) in [6.07, 6.45) is -3.06. The van der Waals surface area contributed by atoms with Gasteiger partial charge in [-0.05, 0) is 12.8 Å². The van der Waals surface area contributed by atoms with Crippen molar-refractivity contribution < 1.29 is 38.0 Å². The predicted molar refractivity (Wildman–Crippen MR) is 60.9 cm³/mol. The minimum absolute atomic E-state index is 0.401. The number of nitrogens with one attached hydrogen (secondary N) is 3. The Morgan fingerprint density at radius 3 is 1.77 bits per heavy atom. The number of hydrogen-bond donors (Lipinski definition) is 4. The van der Waals surface area contributed by atoms with Crippen LogP contribution in [-0.2, 0) is 19.2 Å². The first-order valence-corrected chi connectivity index (χ1v) is 5.67. The molecule has 13 heteroatoms. The third kappa shape index (κ3) is 3.56.